The summed E-state index contributed by atoms with van der Waals surface area (Å²) >= 11 is 0. The molecule has 0 aliphatic rings. The lowest BCUT2D eigenvalue weighted by molar-refractivity contribution is 0.0637. The zero-order valence-electron chi connectivity index (χ0n) is 10.2. The smallest absolute Gasteiger partial charge is 0.267 e. The molecule has 0 spiro atoms. The second-order valence-corrected chi connectivity index (χ2v) is 4.39. The first kappa shape index (κ1) is 13.4. The minimum atomic E-state index is -0.759. The van der Waals surface area contributed by atoms with Gasteiger partial charge in [0.15, 0.2) is 0 Å². The monoisotopic (exact) mass is 237 g/mol. The van der Waals surface area contributed by atoms with Crippen LogP contribution >= 0.6 is 0 Å². The number of anilines is 1. The number of nitrogens with zero attached hydrogens (tertiary/aromatic N) is 1. The molecule has 17 heavy (non-hydrogen) atoms. The number of rotatable bonds is 6. The number of primary amides is 1. The third-order valence-corrected chi connectivity index (χ3v) is 2.47. The van der Waals surface area contributed by atoms with Crippen molar-refractivity contribution in [3.8, 4) is 0 Å². The fraction of sp³-hybridized carbons (Fsp3) is 0.500. The molecule has 0 radical (unpaired) electrons. The van der Waals surface area contributed by atoms with Gasteiger partial charge in [-0.25, -0.2) is 0 Å². The molecule has 0 fully saturated rings. The summed E-state index contributed by atoms with van der Waals surface area (Å²) in [5, 5.41) is 13.1. The Labute approximate surface area is 101 Å². The average Bonchev–Trinajstić information content (AvgIpc) is 2.27. The fourth-order valence-corrected chi connectivity index (χ4v) is 1.59. The van der Waals surface area contributed by atoms with Crippen molar-refractivity contribution in [2.24, 2.45) is 5.73 Å². The predicted octanol–water partition coefficient (Wildman–Crippen LogP) is 1.14. The zero-order chi connectivity index (χ0) is 12.9. The van der Waals surface area contributed by atoms with Crippen molar-refractivity contribution >= 4 is 11.6 Å². The summed E-state index contributed by atoms with van der Waals surface area (Å²) in [6.45, 7) is 4.22. The highest BCUT2D eigenvalue weighted by molar-refractivity contribution is 5.91. The maximum absolute atomic E-state index is 10.9. The maximum atomic E-state index is 10.9. The van der Waals surface area contributed by atoms with E-state index in [-0.39, 0.29) is 5.69 Å². The number of carbonyl (C=O) groups is 1. The van der Waals surface area contributed by atoms with Crippen molar-refractivity contribution in [3.05, 3.63) is 24.0 Å². The molecule has 1 amide bonds. The van der Waals surface area contributed by atoms with Crippen LogP contribution in [0.4, 0.5) is 5.69 Å². The summed E-state index contributed by atoms with van der Waals surface area (Å²) in [4.78, 5) is 14.8. The minimum Gasteiger partial charge on any atom is -0.388 e. The Morgan fingerprint density at radius 1 is 1.65 bits per heavy atom. The lowest BCUT2D eigenvalue weighted by Crippen LogP contribution is -2.33. The number of aromatic nitrogens is 1. The number of carbonyl (C=O) groups excluding carboxylic acids is 1. The van der Waals surface area contributed by atoms with E-state index < -0.39 is 11.5 Å². The zero-order valence-corrected chi connectivity index (χ0v) is 10.2. The molecule has 94 valence electrons. The molecule has 0 aliphatic carbocycles. The molecular formula is C12H19N3O2. The SMILES string of the molecule is CCCC(C)(O)CNc1ccnc(C(N)=O)c1. The van der Waals surface area contributed by atoms with Crippen molar-refractivity contribution in [2.75, 3.05) is 11.9 Å². The molecule has 0 bridgehead atoms. The highest BCUT2D eigenvalue weighted by atomic mass is 16.3. The molecular weight excluding hydrogens is 218 g/mol. The van der Waals surface area contributed by atoms with E-state index in [1.165, 1.54) is 6.20 Å². The van der Waals surface area contributed by atoms with Gasteiger partial charge in [-0.1, -0.05) is 13.3 Å². The van der Waals surface area contributed by atoms with Crippen LogP contribution in [-0.2, 0) is 0 Å². The van der Waals surface area contributed by atoms with E-state index in [1.54, 1.807) is 19.1 Å². The lowest BCUT2D eigenvalue weighted by atomic mass is 10.0. The molecule has 0 saturated heterocycles. The Hall–Kier alpha value is -1.62. The summed E-state index contributed by atoms with van der Waals surface area (Å²) in [6, 6.07) is 3.30. The Morgan fingerprint density at radius 3 is 2.94 bits per heavy atom. The molecule has 4 N–H and O–H groups in total. The van der Waals surface area contributed by atoms with E-state index in [2.05, 4.69) is 10.3 Å². The molecule has 1 aromatic heterocycles. The van der Waals surface area contributed by atoms with E-state index in [1.807, 2.05) is 6.92 Å². The first-order valence-electron chi connectivity index (χ1n) is 5.67. The Morgan fingerprint density at radius 2 is 2.35 bits per heavy atom. The van der Waals surface area contributed by atoms with Gasteiger partial charge in [-0.15, -0.1) is 0 Å². The van der Waals surface area contributed by atoms with Crippen LogP contribution in [0.15, 0.2) is 18.3 Å². The van der Waals surface area contributed by atoms with Crippen molar-refractivity contribution < 1.29 is 9.90 Å². The van der Waals surface area contributed by atoms with Gasteiger partial charge in [0.1, 0.15) is 5.69 Å². The molecule has 1 atom stereocenters. The fourth-order valence-electron chi connectivity index (χ4n) is 1.59. The summed E-state index contributed by atoms with van der Waals surface area (Å²) < 4.78 is 0. The standard InChI is InChI=1S/C12H19N3O2/c1-3-5-12(2,17)8-15-9-4-6-14-10(7-9)11(13)16/h4,6-7,17H,3,5,8H2,1-2H3,(H2,13,16)(H,14,15). The van der Waals surface area contributed by atoms with Gasteiger partial charge >= 0.3 is 0 Å². The van der Waals surface area contributed by atoms with Crippen molar-refractivity contribution in [3.63, 3.8) is 0 Å². The van der Waals surface area contributed by atoms with Crippen LogP contribution in [0, 0.1) is 0 Å². The van der Waals surface area contributed by atoms with Crippen LogP contribution < -0.4 is 11.1 Å². The Balaban J connectivity index is 2.63. The predicted molar refractivity (Wildman–Crippen MR) is 66.8 cm³/mol. The molecule has 5 heteroatoms. The largest absolute Gasteiger partial charge is 0.388 e. The number of nitrogens with two attached hydrogens (primary N) is 1. The van der Waals surface area contributed by atoms with Crippen molar-refractivity contribution in [1.29, 1.82) is 0 Å². The first-order valence-corrected chi connectivity index (χ1v) is 5.67. The molecule has 1 aromatic rings. The van der Waals surface area contributed by atoms with Crippen LogP contribution in [-0.4, -0.2) is 28.1 Å². The minimum absolute atomic E-state index is 0.213. The summed E-state index contributed by atoms with van der Waals surface area (Å²) in [5.41, 5.74) is 5.31. The topological polar surface area (TPSA) is 88.2 Å². The number of aliphatic hydroxyl groups is 1. The average molecular weight is 237 g/mol. The Kier molecular flexibility index (Phi) is 4.45. The van der Waals surface area contributed by atoms with Gasteiger partial charge in [-0.3, -0.25) is 9.78 Å². The summed E-state index contributed by atoms with van der Waals surface area (Å²) in [5.74, 6) is -0.561. The van der Waals surface area contributed by atoms with Gasteiger partial charge < -0.3 is 16.2 Å². The van der Waals surface area contributed by atoms with Crippen LogP contribution in [0.25, 0.3) is 0 Å². The van der Waals surface area contributed by atoms with Gasteiger partial charge in [0.25, 0.3) is 5.91 Å². The van der Waals surface area contributed by atoms with Crippen LogP contribution in [0.1, 0.15) is 37.2 Å². The Bertz CT molecular complexity index is 391. The molecule has 0 aromatic carbocycles. The van der Waals surface area contributed by atoms with Crippen LogP contribution in [0.5, 0.6) is 0 Å². The molecule has 5 nitrogen and oxygen atoms in total. The molecule has 0 saturated carbocycles. The number of nitrogens with one attached hydrogen (secondary N) is 1. The number of hydrogen-bond acceptors (Lipinski definition) is 4. The van der Waals surface area contributed by atoms with Crippen molar-refractivity contribution in [2.45, 2.75) is 32.3 Å². The summed E-state index contributed by atoms with van der Waals surface area (Å²) in [7, 11) is 0. The quantitative estimate of drug-likeness (QED) is 0.692. The van der Waals surface area contributed by atoms with Crippen LogP contribution in [0.3, 0.4) is 0 Å². The third-order valence-electron chi connectivity index (χ3n) is 2.47. The van der Waals surface area contributed by atoms with E-state index in [0.29, 0.717) is 13.0 Å². The highest BCUT2D eigenvalue weighted by Gasteiger charge is 2.18. The second kappa shape index (κ2) is 5.63. The van der Waals surface area contributed by atoms with Gasteiger partial charge in [-0.2, -0.15) is 0 Å². The van der Waals surface area contributed by atoms with E-state index in [9.17, 15) is 9.90 Å². The third kappa shape index (κ3) is 4.40. The highest BCUT2D eigenvalue weighted by Crippen LogP contribution is 2.14. The first-order chi connectivity index (χ1) is 7.94. The number of hydrogen-bond donors (Lipinski definition) is 3. The molecule has 1 unspecified atom stereocenters. The number of pyridine rings is 1. The molecule has 0 aliphatic heterocycles. The van der Waals surface area contributed by atoms with Crippen LogP contribution in [0.2, 0.25) is 0 Å². The van der Waals surface area contributed by atoms with E-state index >= 15 is 0 Å². The van der Waals surface area contributed by atoms with E-state index in [0.717, 1.165) is 12.1 Å². The second-order valence-electron chi connectivity index (χ2n) is 4.39. The lowest BCUT2D eigenvalue weighted by Gasteiger charge is -2.23. The normalized spacial score (nSPS) is 14.1. The molecule has 1 heterocycles. The van der Waals surface area contributed by atoms with Gasteiger partial charge in [0.2, 0.25) is 0 Å². The molecule has 1 rings (SSSR count). The van der Waals surface area contributed by atoms with Crippen molar-refractivity contribution in [1.82, 2.24) is 4.98 Å². The number of amides is 1. The maximum Gasteiger partial charge on any atom is 0.267 e. The van der Waals surface area contributed by atoms with Gasteiger partial charge in [0.05, 0.1) is 5.60 Å². The van der Waals surface area contributed by atoms with E-state index in [4.69, 9.17) is 5.73 Å². The van der Waals surface area contributed by atoms with Gasteiger partial charge in [0, 0.05) is 18.4 Å². The van der Waals surface area contributed by atoms with Gasteiger partial charge in [-0.05, 0) is 25.5 Å². The summed E-state index contributed by atoms with van der Waals surface area (Å²) in [6.07, 6.45) is 3.14.